The van der Waals surface area contributed by atoms with Crippen molar-refractivity contribution in [3.8, 4) is 11.5 Å². The third-order valence-electron chi connectivity index (χ3n) is 4.32. The van der Waals surface area contributed by atoms with E-state index < -0.39 is 6.10 Å². The lowest BCUT2D eigenvalue weighted by Crippen LogP contribution is -2.39. The summed E-state index contributed by atoms with van der Waals surface area (Å²) in [5.41, 5.74) is 0.792. The minimum absolute atomic E-state index is 0.160. The Kier molecular flexibility index (Phi) is 6.11. The Bertz CT molecular complexity index is 828. The number of aromatic nitrogens is 2. The van der Waals surface area contributed by atoms with Gasteiger partial charge in [0.05, 0.1) is 18.8 Å². The molecule has 1 aromatic carbocycles. The topological polar surface area (TPSA) is 82.4 Å². The van der Waals surface area contributed by atoms with Crippen LogP contribution in [0.25, 0.3) is 0 Å². The number of amides is 1. The van der Waals surface area contributed by atoms with E-state index in [1.807, 2.05) is 6.92 Å². The summed E-state index contributed by atoms with van der Waals surface area (Å²) in [6.07, 6.45) is 1.61. The maximum Gasteiger partial charge on any atom is 0.266 e. The molecule has 1 aliphatic rings. The van der Waals surface area contributed by atoms with Crippen LogP contribution in [-0.4, -0.2) is 34.9 Å². The van der Waals surface area contributed by atoms with Gasteiger partial charge in [-0.3, -0.25) is 9.59 Å². The van der Waals surface area contributed by atoms with Crippen molar-refractivity contribution in [3.05, 3.63) is 52.4 Å². The fraction of sp³-hybridized carbons (Fsp3) is 0.450. The first-order valence-corrected chi connectivity index (χ1v) is 9.32. The zero-order chi connectivity index (χ0) is 19.2. The van der Waals surface area contributed by atoms with E-state index in [2.05, 4.69) is 10.4 Å². The first-order chi connectivity index (χ1) is 13.1. The minimum atomic E-state index is -0.648. The van der Waals surface area contributed by atoms with Gasteiger partial charge in [-0.25, -0.2) is 4.68 Å². The molecule has 0 aliphatic heterocycles. The highest BCUT2D eigenvalue weighted by atomic mass is 16.5. The van der Waals surface area contributed by atoms with Gasteiger partial charge in [0.25, 0.3) is 11.5 Å². The highest BCUT2D eigenvalue weighted by Crippen LogP contribution is 2.38. The molecule has 1 fully saturated rings. The van der Waals surface area contributed by atoms with Gasteiger partial charge in [0.2, 0.25) is 0 Å². The molecule has 1 aliphatic carbocycles. The number of nitrogens with one attached hydrogen (secondary N) is 1. The van der Waals surface area contributed by atoms with Crippen molar-refractivity contribution in [2.75, 3.05) is 13.2 Å². The second-order valence-electron chi connectivity index (χ2n) is 6.55. The number of ether oxygens (including phenoxy) is 2. The third-order valence-corrected chi connectivity index (χ3v) is 4.32. The van der Waals surface area contributed by atoms with Crippen LogP contribution in [0.5, 0.6) is 11.5 Å². The van der Waals surface area contributed by atoms with Crippen LogP contribution >= 0.6 is 0 Å². The quantitative estimate of drug-likeness (QED) is 0.730. The monoisotopic (exact) mass is 371 g/mol. The zero-order valence-corrected chi connectivity index (χ0v) is 15.7. The van der Waals surface area contributed by atoms with Crippen molar-refractivity contribution in [2.24, 2.45) is 0 Å². The van der Waals surface area contributed by atoms with E-state index in [0.717, 1.165) is 24.3 Å². The zero-order valence-electron chi connectivity index (χ0n) is 15.7. The molecule has 0 saturated heterocycles. The Balaban J connectivity index is 1.47. The number of benzene rings is 1. The number of rotatable bonds is 9. The van der Waals surface area contributed by atoms with E-state index in [1.54, 1.807) is 43.3 Å². The van der Waals surface area contributed by atoms with Crippen LogP contribution < -0.4 is 20.3 Å². The molecule has 1 saturated carbocycles. The van der Waals surface area contributed by atoms with Crippen molar-refractivity contribution < 1.29 is 14.3 Å². The lowest BCUT2D eigenvalue weighted by molar-refractivity contribution is -0.127. The molecular weight excluding hydrogens is 346 g/mol. The molecule has 0 bridgehead atoms. The number of carbonyl (C=O) groups excluding carboxylic acids is 1. The summed E-state index contributed by atoms with van der Waals surface area (Å²) in [6.45, 7) is 4.85. The molecule has 1 heterocycles. The van der Waals surface area contributed by atoms with Crippen molar-refractivity contribution >= 4 is 5.91 Å². The second kappa shape index (κ2) is 8.70. The van der Waals surface area contributed by atoms with Crippen LogP contribution in [0.2, 0.25) is 0 Å². The van der Waals surface area contributed by atoms with Gasteiger partial charge < -0.3 is 14.8 Å². The van der Waals surface area contributed by atoms with E-state index in [-0.39, 0.29) is 11.5 Å². The second-order valence-corrected chi connectivity index (χ2v) is 6.55. The molecule has 3 rings (SSSR count). The average Bonchev–Trinajstić information content (AvgIpc) is 3.50. The Morgan fingerprint density at radius 1 is 1.22 bits per heavy atom. The summed E-state index contributed by atoms with van der Waals surface area (Å²) >= 11 is 0. The summed E-state index contributed by atoms with van der Waals surface area (Å²) < 4.78 is 12.4. The molecule has 1 amide bonds. The number of nitrogens with zero attached hydrogens (tertiary/aromatic N) is 2. The van der Waals surface area contributed by atoms with Gasteiger partial charge in [-0.2, -0.15) is 5.10 Å². The van der Waals surface area contributed by atoms with Crippen molar-refractivity contribution in [1.82, 2.24) is 15.1 Å². The van der Waals surface area contributed by atoms with Gasteiger partial charge in [0, 0.05) is 18.5 Å². The molecule has 0 spiro atoms. The molecule has 1 atom stereocenters. The molecule has 1 N–H and O–H groups in total. The number of carbonyl (C=O) groups is 1. The van der Waals surface area contributed by atoms with Gasteiger partial charge in [0.15, 0.2) is 6.10 Å². The first kappa shape index (κ1) is 18.9. The van der Waals surface area contributed by atoms with E-state index in [0.29, 0.717) is 31.4 Å². The van der Waals surface area contributed by atoms with E-state index >= 15 is 0 Å². The van der Waals surface area contributed by atoms with Gasteiger partial charge in [-0.1, -0.05) is 0 Å². The third kappa shape index (κ3) is 5.32. The lowest BCUT2D eigenvalue weighted by Gasteiger charge is -2.15. The van der Waals surface area contributed by atoms with Gasteiger partial charge in [-0.15, -0.1) is 0 Å². The van der Waals surface area contributed by atoms with Gasteiger partial charge in [-0.05, 0) is 57.0 Å². The lowest BCUT2D eigenvalue weighted by atomic mass is 10.3. The summed E-state index contributed by atoms with van der Waals surface area (Å²) in [6, 6.07) is 10.5. The first-order valence-electron chi connectivity index (χ1n) is 9.32. The van der Waals surface area contributed by atoms with E-state index in [4.69, 9.17) is 9.47 Å². The normalized spacial score (nSPS) is 14.4. The van der Waals surface area contributed by atoms with Crippen LogP contribution in [-0.2, 0) is 11.3 Å². The summed E-state index contributed by atoms with van der Waals surface area (Å²) in [5.74, 6) is 1.59. The minimum Gasteiger partial charge on any atom is -0.494 e. The molecule has 144 valence electrons. The predicted molar refractivity (Wildman–Crippen MR) is 101 cm³/mol. The van der Waals surface area contributed by atoms with Crippen molar-refractivity contribution in [2.45, 2.75) is 45.3 Å². The molecule has 27 heavy (non-hydrogen) atoms. The fourth-order valence-electron chi connectivity index (χ4n) is 2.69. The van der Waals surface area contributed by atoms with Crippen LogP contribution in [0.1, 0.15) is 38.3 Å². The molecule has 1 unspecified atom stereocenters. The molecule has 2 aromatic rings. The fourth-order valence-corrected chi connectivity index (χ4v) is 2.69. The van der Waals surface area contributed by atoms with E-state index in [9.17, 15) is 9.59 Å². The Hall–Kier alpha value is -2.83. The molecule has 1 aromatic heterocycles. The van der Waals surface area contributed by atoms with Crippen LogP contribution in [0.4, 0.5) is 0 Å². The Morgan fingerprint density at radius 2 is 1.93 bits per heavy atom. The molecular formula is C20H25N3O4. The van der Waals surface area contributed by atoms with E-state index in [1.165, 1.54) is 4.68 Å². The Labute approximate surface area is 158 Å². The maximum atomic E-state index is 12.2. The van der Waals surface area contributed by atoms with Crippen molar-refractivity contribution in [1.29, 1.82) is 0 Å². The highest BCUT2D eigenvalue weighted by molar-refractivity contribution is 5.80. The van der Waals surface area contributed by atoms with Gasteiger partial charge >= 0.3 is 0 Å². The predicted octanol–water partition coefficient (Wildman–Crippen LogP) is 2.10. The standard InChI is InChI=1S/C20H25N3O4/c1-3-26-16-6-8-17(9-7-16)27-14(2)20(25)21-12-13-23-19(24)11-10-18(22-23)15-4-5-15/h6-11,14-15H,3-5,12-13H2,1-2H3,(H,21,25). The maximum absolute atomic E-state index is 12.2. The van der Waals surface area contributed by atoms with Crippen LogP contribution in [0.3, 0.4) is 0 Å². The molecule has 7 nitrogen and oxygen atoms in total. The largest absolute Gasteiger partial charge is 0.494 e. The Morgan fingerprint density at radius 3 is 2.59 bits per heavy atom. The summed E-state index contributed by atoms with van der Waals surface area (Å²) in [5, 5.41) is 7.16. The SMILES string of the molecule is CCOc1ccc(OC(C)C(=O)NCCn2nc(C3CC3)ccc2=O)cc1. The molecule has 0 radical (unpaired) electrons. The van der Waals surface area contributed by atoms with Crippen LogP contribution in [0.15, 0.2) is 41.2 Å². The number of hydrogen-bond donors (Lipinski definition) is 1. The summed E-state index contributed by atoms with van der Waals surface area (Å²) in [7, 11) is 0. The van der Waals surface area contributed by atoms with Gasteiger partial charge in [0.1, 0.15) is 11.5 Å². The van der Waals surface area contributed by atoms with Crippen molar-refractivity contribution in [3.63, 3.8) is 0 Å². The summed E-state index contributed by atoms with van der Waals surface area (Å²) in [4.78, 5) is 24.1. The highest BCUT2D eigenvalue weighted by Gasteiger charge is 2.25. The number of hydrogen-bond acceptors (Lipinski definition) is 5. The molecule has 7 heteroatoms. The average molecular weight is 371 g/mol. The van der Waals surface area contributed by atoms with Crippen LogP contribution in [0, 0.1) is 0 Å². The smallest absolute Gasteiger partial charge is 0.266 e.